The van der Waals surface area contributed by atoms with Crippen LogP contribution in [0.5, 0.6) is 0 Å². The molecule has 0 saturated carbocycles. The Bertz CT molecular complexity index is 635. The van der Waals surface area contributed by atoms with E-state index in [-0.39, 0.29) is 11.9 Å². The number of carbonyl (C=O) groups is 1. The molecule has 21 heavy (non-hydrogen) atoms. The van der Waals surface area contributed by atoms with Crippen LogP contribution in [0.3, 0.4) is 0 Å². The minimum atomic E-state index is -0.0852. The van der Waals surface area contributed by atoms with E-state index in [1.165, 1.54) is 5.56 Å². The Morgan fingerprint density at radius 1 is 1.19 bits per heavy atom. The van der Waals surface area contributed by atoms with Crippen LogP contribution in [-0.2, 0) is 0 Å². The minimum Gasteiger partial charge on any atom is -0.355 e. The summed E-state index contributed by atoms with van der Waals surface area (Å²) in [5.74, 6) is -0.0852. The quantitative estimate of drug-likeness (QED) is 0.660. The number of nitrogens with zero attached hydrogens (tertiary/aromatic N) is 1. The highest BCUT2D eigenvalue weighted by Crippen LogP contribution is 2.27. The van der Waals surface area contributed by atoms with Gasteiger partial charge in [-0.3, -0.25) is 4.79 Å². The van der Waals surface area contributed by atoms with E-state index in [2.05, 4.69) is 31.1 Å². The minimum absolute atomic E-state index is 0.0852. The Labute approximate surface area is 125 Å². The van der Waals surface area contributed by atoms with Crippen LogP contribution in [0.1, 0.15) is 35.3 Å². The summed E-state index contributed by atoms with van der Waals surface area (Å²) >= 11 is 0. The molecule has 1 N–H and O–H groups in total. The summed E-state index contributed by atoms with van der Waals surface area (Å²) in [4.78, 5) is 11.7. The summed E-state index contributed by atoms with van der Waals surface area (Å²) in [7, 11) is 1.63. The van der Waals surface area contributed by atoms with Crippen molar-refractivity contribution in [1.29, 1.82) is 0 Å². The number of nitrogens with one attached hydrogen (secondary N) is 1. The number of rotatable bonds is 5. The van der Waals surface area contributed by atoms with E-state index < -0.39 is 0 Å². The number of benzene rings is 2. The highest BCUT2D eigenvalue weighted by molar-refractivity contribution is 5.94. The lowest BCUT2D eigenvalue weighted by atomic mass is 10.0. The fourth-order valence-electron chi connectivity index (χ4n) is 2.46. The highest BCUT2D eigenvalue weighted by atomic mass is 16.1. The first-order chi connectivity index (χ1) is 10.2. The van der Waals surface area contributed by atoms with Crippen LogP contribution in [0.4, 0.5) is 5.69 Å². The van der Waals surface area contributed by atoms with Crippen molar-refractivity contribution in [3.05, 3.63) is 65.7 Å². The second kappa shape index (κ2) is 6.84. The molecule has 0 aliphatic heterocycles. The van der Waals surface area contributed by atoms with Gasteiger partial charge in [0.25, 0.3) is 5.91 Å². The Morgan fingerprint density at radius 2 is 1.90 bits per heavy atom. The Kier molecular flexibility index (Phi) is 4.88. The predicted molar refractivity (Wildman–Crippen MR) is 86.3 cm³/mol. The molecule has 0 aliphatic rings. The summed E-state index contributed by atoms with van der Waals surface area (Å²) in [6, 6.07) is 18.0. The maximum atomic E-state index is 11.7. The van der Waals surface area contributed by atoms with Gasteiger partial charge in [0.2, 0.25) is 5.69 Å². The molecule has 1 unspecified atom stereocenters. The average Bonchev–Trinajstić information content (AvgIpc) is 2.55. The van der Waals surface area contributed by atoms with Crippen LogP contribution in [0.15, 0.2) is 54.6 Å². The van der Waals surface area contributed by atoms with Crippen LogP contribution in [-0.4, -0.2) is 24.2 Å². The van der Waals surface area contributed by atoms with Gasteiger partial charge in [0.1, 0.15) is 6.72 Å². The molecule has 3 nitrogen and oxygen atoms in total. The maximum absolute atomic E-state index is 11.7. The molecule has 0 fully saturated rings. The molecule has 3 heteroatoms. The van der Waals surface area contributed by atoms with Gasteiger partial charge in [0.15, 0.2) is 6.04 Å². The van der Waals surface area contributed by atoms with E-state index in [0.29, 0.717) is 5.56 Å². The molecule has 2 aromatic rings. The second-order valence-corrected chi connectivity index (χ2v) is 4.93. The molecule has 0 heterocycles. The van der Waals surface area contributed by atoms with E-state index in [9.17, 15) is 4.79 Å². The average molecular weight is 281 g/mol. The molecule has 0 aromatic heterocycles. The lowest BCUT2D eigenvalue weighted by molar-refractivity contribution is -0.483. The van der Waals surface area contributed by atoms with E-state index in [1.807, 2.05) is 41.0 Å². The van der Waals surface area contributed by atoms with Crippen molar-refractivity contribution in [2.75, 3.05) is 7.05 Å². The summed E-state index contributed by atoms with van der Waals surface area (Å²) < 4.78 is 1.97. The van der Waals surface area contributed by atoms with E-state index in [1.54, 1.807) is 13.1 Å². The second-order valence-electron chi connectivity index (χ2n) is 4.93. The number of hydrogen-bond donors (Lipinski definition) is 1. The lowest BCUT2D eigenvalue weighted by Gasteiger charge is -2.13. The molecular formula is C18H21N2O+. The molecule has 1 amide bonds. The smallest absolute Gasteiger partial charge is 0.251 e. The number of amides is 1. The molecule has 2 rings (SSSR count). The highest BCUT2D eigenvalue weighted by Gasteiger charge is 2.22. The van der Waals surface area contributed by atoms with Crippen LogP contribution in [0.25, 0.3) is 0 Å². The van der Waals surface area contributed by atoms with Gasteiger partial charge in [0.05, 0.1) is 0 Å². The SMILES string of the molecule is C=[N+](c1cccc(C(=O)NC)c1)C(CC)c1ccccc1. The van der Waals surface area contributed by atoms with Crippen LogP contribution in [0.2, 0.25) is 0 Å². The maximum Gasteiger partial charge on any atom is 0.251 e. The zero-order chi connectivity index (χ0) is 15.2. The zero-order valence-electron chi connectivity index (χ0n) is 12.5. The fraction of sp³-hybridized carbons (Fsp3) is 0.222. The molecular weight excluding hydrogens is 260 g/mol. The van der Waals surface area contributed by atoms with Crippen molar-refractivity contribution in [2.24, 2.45) is 0 Å². The van der Waals surface area contributed by atoms with E-state index in [0.717, 1.165) is 12.1 Å². The van der Waals surface area contributed by atoms with Gasteiger partial charge in [-0.05, 0) is 6.07 Å². The first kappa shape index (κ1) is 15.0. The normalized spacial score (nSPS) is 11.7. The summed E-state index contributed by atoms with van der Waals surface area (Å²) in [5, 5.41) is 2.64. The zero-order valence-corrected chi connectivity index (χ0v) is 12.5. The van der Waals surface area contributed by atoms with Crippen molar-refractivity contribution < 1.29 is 9.37 Å². The first-order valence-corrected chi connectivity index (χ1v) is 7.14. The lowest BCUT2D eigenvalue weighted by Crippen LogP contribution is -2.18. The van der Waals surface area contributed by atoms with Crippen molar-refractivity contribution in [3.63, 3.8) is 0 Å². The van der Waals surface area contributed by atoms with Gasteiger partial charge >= 0.3 is 0 Å². The third-order valence-corrected chi connectivity index (χ3v) is 3.61. The van der Waals surface area contributed by atoms with E-state index in [4.69, 9.17) is 0 Å². The summed E-state index contributed by atoms with van der Waals surface area (Å²) in [5.41, 5.74) is 2.80. The van der Waals surface area contributed by atoms with Gasteiger partial charge in [-0.15, -0.1) is 0 Å². The Balaban J connectivity index is 2.32. The molecule has 108 valence electrons. The molecule has 2 aromatic carbocycles. The topological polar surface area (TPSA) is 32.1 Å². The first-order valence-electron chi connectivity index (χ1n) is 7.14. The summed E-state index contributed by atoms with van der Waals surface area (Å²) in [6.45, 7) is 6.32. The largest absolute Gasteiger partial charge is 0.355 e. The molecule has 0 spiro atoms. The van der Waals surface area contributed by atoms with Gasteiger partial charge in [-0.2, -0.15) is 4.58 Å². The van der Waals surface area contributed by atoms with Crippen LogP contribution < -0.4 is 5.32 Å². The molecule has 0 radical (unpaired) electrons. The van der Waals surface area contributed by atoms with Gasteiger partial charge in [-0.25, -0.2) is 0 Å². The third kappa shape index (κ3) is 3.37. The van der Waals surface area contributed by atoms with Gasteiger partial charge < -0.3 is 5.32 Å². The van der Waals surface area contributed by atoms with Crippen molar-refractivity contribution in [2.45, 2.75) is 19.4 Å². The van der Waals surface area contributed by atoms with E-state index >= 15 is 0 Å². The third-order valence-electron chi connectivity index (χ3n) is 3.61. The molecule has 0 aliphatic carbocycles. The predicted octanol–water partition coefficient (Wildman–Crippen LogP) is 3.54. The Morgan fingerprint density at radius 3 is 2.52 bits per heavy atom. The van der Waals surface area contributed by atoms with Crippen LogP contribution in [0, 0.1) is 0 Å². The van der Waals surface area contributed by atoms with Crippen molar-refractivity contribution in [1.82, 2.24) is 5.32 Å². The molecule has 1 atom stereocenters. The van der Waals surface area contributed by atoms with Gasteiger partial charge in [0, 0.05) is 36.7 Å². The Hall–Kier alpha value is -2.42. The fourth-order valence-corrected chi connectivity index (χ4v) is 2.46. The summed E-state index contributed by atoms with van der Waals surface area (Å²) in [6.07, 6.45) is 0.942. The molecule has 0 saturated heterocycles. The number of hydrogen-bond acceptors (Lipinski definition) is 1. The standard InChI is InChI=1S/C18H20N2O/c1-4-17(14-9-6-5-7-10-14)20(3)16-12-8-11-15(13-16)18(21)19-2/h5-13,17H,3-4H2,1-2H3/p+1. The van der Waals surface area contributed by atoms with Crippen LogP contribution >= 0.6 is 0 Å². The van der Waals surface area contributed by atoms with Gasteiger partial charge in [-0.1, -0.05) is 43.3 Å². The molecule has 0 bridgehead atoms. The monoisotopic (exact) mass is 281 g/mol. The van der Waals surface area contributed by atoms with Crippen molar-refractivity contribution in [3.8, 4) is 0 Å². The number of carbonyl (C=O) groups excluding carboxylic acids is 1. The van der Waals surface area contributed by atoms with Crippen molar-refractivity contribution >= 4 is 18.3 Å².